The fourth-order valence-electron chi connectivity index (χ4n) is 1.90. The maximum absolute atomic E-state index is 8.79. The van der Waals surface area contributed by atoms with Crippen LogP contribution >= 0.6 is 23.2 Å². The number of nitrogens with zero attached hydrogens (tertiary/aromatic N) is 3. The van der Waals surface area contributed by atoms with Gasteiger partial charge in [-0.25, -0.2) is 0 Å². The van der Waals surface area contributed by atoms with Crippen LogP contribution < -0.4 is 0 Å². The summed E-state index contributed by atoms with van der Waals surface area (Å²) >= 11 is 12.0. The maximum atomic E-state index is 8.79. The van der Waals surface area contributed by atoms with Gasteiger partial charge in [-0.2, -0.15) is 10.5 Å². The molecule has 2 rings (SSSR count). The van der Waals surface area contributed by atoms with E-state index in [0.717, 1.165) is 17.0 Å². The van der Waals surface area contributed by atoms with Gasteiger partial charge >= 0.3 is 0 Å². The molecule has 5 heteroatoms. The molecule has 0 saturated carbocycles. The Balaban J connectivity index is 2.52. The molecule has 0 unspecified atom stereocenters. The molecular formula is C15H9Cl2N3. The molecule has 0 amide bonds. The highest BCUT2D eigenvalue weighted by Crippen LogP contribution is 2.28. The summed E-state index contributed by atoms with van der Waals surface area (Å²) in [5.41, 5.74) is 2.59. The van der Waals surface area contributed by atoms with Gasteiger partial charge in [-0.15, -0.1) is 0 Å². The van der Waals surface area contributed by atoms with Crippen LogP contribution in [0, 0.1) is 22.7 Å². The normalized spacial score (nSPS) is 9.65. The second-order valence-corrected chi connectivity index (χ2v) is 5.02. The fraction of sp³-hybridized carbons (Fsp3) is 0.0667. The van der Waals surface area contributed by atoms with Crippen LogP contribution in [0.2, 0.25) is 10.0 Å². The van der Waals surface area contributed by atoms with Gasteiger partial charge in [0.2, 0.25) is 0 Å². The van der Waals surface area contributed by atoms with Gasteiger partial charge in [-0.1, -0.05) is 23.2 Å². The lowest BCUT2D eigenvalue weighted by Gasteiger charge is -2.07. The first kappa shape index (κ1) is 14.2. The first-order valence-electron chi connectivity index (χ1n) is 5.69. The molecule has 1 heterocycles. The highest BCUT2D eigenvalue weighted by Gasteiger charge is 2.08. The number of hydrogen-bond acceptors (Lipinski definition) is 2. The SMILES string of the molecule is Cn1c(C=C(C#N)C#N)ccc1-c1cc(Cl)cc(Cl)c1. The average Bonchev–Trinajstić information content (AvgIpc) is 2.76. The monoisotopic (exact) mass is 301 g/mol. The lowest BCUT2D eigenvalue weighted by atomic mass is 10.1. The first-order chi connectivity index (χ1) is 9.55. The summed E-state index contributed by atoms with van der Waals surface area (Å²) in [5.74, 6) is 0. The molecule has 0 radical (unpaired) electrons. The minimum absolute atomic E-state index is 0.0573. The third-order valence-electron chi connectivity index (χ3n) is 2.85. The highest BCUT2D eigenvalue weighted by molar-refractivity contribution is 6.35. The van der Waals surface area contributed by atoms with E-state index in [2.05, 4.69) is 0 Å². The second kappa shape index (κ2) is 5.84. The van der Waals surface area contributed by atoms with Crippen molar-refractivity contribution >= 4 is 29.3 Å². The smallest absolute Gasteiger partial charge is 0.131 e. The minimum Gasteiger partial charge on any atom is -0.344 e. The number of nitriles is 2. The lowest BCUT2D eigenvalue weighted by molar-refractivity contribution is 0.923. The van der Waals surface area contributed by atoms with Gasteiger partial charge in [0.25, 0.3) is 0 Å². The Labute approximate surface area is 126 Å². The minimum atomic E-state index is 0.0573. The molecule has 0 N–H and O–H groups in total. The van der Waals surface area contributed by atoms with Crippen molar-refractivity contribution in [2.75, 3.05) is 0 Å². The van der Waals surface area contributed by atoms with Crippen molar-refractivity contribution in [3.8, 4) is 23.4 Å². The van der Waals surface area contributed by atoms with Gasteiger partial charge in [0.15, 0.2) is 0 Å². The van der Waals surface area contributed by atoms with Crippen molar-refractivity contribution in [3.05, 3.63) is 51.6 Å². The number of aromatic nitrogens is 1. The van der Waals surface area contributed by atoms with E-state index in [1.165, 1.54) is 6.08 Å². The Morgan fingerprint density at radius 3 is 2.25 bits per heavy atom. The summed E-state index contributed by atoms with van der Waals surface area (Å²) in [6, 6.07) is 12.7. The second-order valence-electron chi connectivity index (χ2n) is 4.14. The molecule has 3 nitrogen and oxygen atoms in total. The number of allylic oxidation sites excluding steroid dienone is 1. The fourth-order valence-corrected chi connectivity index (χ4v) is 2.43. The summed E-state index contributed by atoms with van der Waals surface area (Å²) in [6.07, 6.45) is 1.54. The van der Waals surface area contributed by atoms with Gasteiger partial charge < -0.3 is 4.57 Å². The van der Waals surface area contributed by atoms with Gasteiger partial charge in [0.1, 0.15) is 17.7 Å². The molecule has 0 fully saturated rings. The van der Waals surface area contributed by atoms with Crippen molar-refractivity contribution in [2.45, 2.75) is 0 Å². The Morgan fingerprint density at radius 1 is 1.10 bits per heavy atom. The third kappa shape index (κ3) is 2.86. The van der Waals surface area contributed by atoms with Crippen LogP contribution in [0.3, 0.4) is 0 Å². The van der Waals surface area contributed by atoms with Crippen LogP contribution in [0.25, 0.3) is 17.3 Å². The highest BCUT2D eigenvalue weighted by atomic mass is 35.5. The Kier molecular flexibility index (Phi) is 4.15. The zero-order valence-electron chi connectivity index (χ0n) is 10.6. The Morgan fingerprint density at radius 2 is 1.70 bits per heavy atom. The molecule has 1 aromatic carbocycles. The van der Waals surface area contributed by atoms with Crippen LogP contribution in [0.15, 0.2) is 35.9 Å². The van der Waals surface area contributed by atoms with Crippen molar-refractivity contribution in [2.24, 2.45) is 7.05 Å². The molecular weight excluding hydrogens is 293 g/mol. The molecule has 0 aliphatic heterocycles. The van der Waals surface area contributed by atoms with E-state index in [4.69, 9.17) is 33.7 Å². The van der Waals surface area contributed by atoms with E-state index in [1.807, 2.05) is 48.0 Å². The lowest BCUT2D eigenvalue weighted by Crippen LogP contribution is -1.94. The molecule has 0 bridgehead atoms. The van der Waals surface area contributed by atoms with E-state index >= 15 is 0 Å². The standard InChI is InChI=1S/C15H9Cl2N3/c1-20-14(4-10(8-18)9-19)2-3-15(20)11-5-12(16)7-13(17)6-11/h2-7H,1H3. The van der Waals surface area contributed by atoms with Crippen molar-refractivity contribution < 1.29 is 0 Å². The first-order valence-corrected chi connectivity index (χ1v) is 6.45. The largest absolute Gasteiger partial charge is 0.344 e. The molecule has 20 heavy (non-hydrogen) atoms. The zero-order chi connectivity index (χ0) is 14.7. The predicted octanol–water partition coefficient (Wildman–Crippen LogP) is 4.43. The Bertz CT molecular complexity index is 737. The van der Waals surface area contributed by atoms with Crippen LogP contribution in [-0.2, 0) is 7.05 Å². The van der Waals surface area contributed by atoms with Crippen LogP contribution in [0.1, 0.15) is 5.69 Å². The number of rotatable bonds is 2. The van der Waals surface area contributed by atoms with Crippen LogP contribution in [0.5, 0.6) is 0 Å². The van der Waals surface area contributed by atoms with E-state index in [9.17, 15) is 0 Å². The van der Waals surface area contributed by atoms with Crippen molar-refractivity contribution in [1.82, 2.24) is 4.57 Å². The molecule has 0 aliphatic rings. The van der Waals surface area contributed by atoms with E-state index in [1.54, 1.807) is 6.07 Å². The average molecular weight is 302 g/mol. The van der Waals surface area contributed by atoms with Gasteiger partial charge in [-0.3, -0.25) is 0 Å². The molecule has 0 atom stereocenters. The summed E-state index contributed by atoms with van der Waals surface area (Å²) in [4.78, 5) is 0. The number of halogens is 2. The number of hydrogen-bond donors (Lipinski definition) is 0. The third-order valence-corrected chi connectivity index (χ3v) is 3.29. The summed E-state index contributed by atoms with van der Waals surface area (Å²) in [6.45, 7) is 0. The summed E-state index contributed by atoms with van der Waals surface area (Å²) < 4.78 is 1.87. The predicted molar refractivity (Wildman–Crippen MR) is 80.1 cm³/mol. The van der Waals surface area contributed by atoms with Crippen LogP contribution in [-0.4, -0.2) is 4.57 Å². The van der Waals surface area contributed by atoms with Crippen LogP contribution in [0.4, 0.5) is 0 Å². The number of benzene rings is 1. The van der Waals surface area contributed by atoms with E-state index in [0.29, 0.717) is 10.0 Å². The summed E-state index contributed by atoms with van der Waals surface area (Å²) in [7, 11) is 1.85. The van der Waals surface area contributed by atoms with Gasteiger partial charge in [-0.05, 0) is 36.4 Å². The topological polar surface area (TPSA) is 52.5 Å². The molecule has 0 spiro atoms. The van der Waals surface area contributed by atoms with Gasteiger partial charge in [0.05, 0.1) is 0 Å². The zero-order valence-corrected chi connectivity index (χ0v) is 12.1. The van der Waals surface area contributed by atoms with Crippen molar-refractivity contribution in [1.29, 1.82) is 10.5 Å². The van der Waals surface area contributed by atoms with Crippen molar-refractivity contribution in [3.63, 3.8) is 0 Å². The molecule has 2 aromatic rings. The van der Waals surface area contributed by atoms with E-state index < -0.39 is 0 Å². The molecule has 98 valence electrons. The van der Waals surface area contributed by atoms with Gasteiger partial charge in [0, 0.05) is 34.0 Å². The maximum Gasteiger partial charge on any atom is 0.131 e. The molecule has 0 saturated heterocycles. The van der Waals surface area contributed by atoms with E-state index in [-0.39, 0.29) is 5.57 Å². The Hall–Kier alpha value is -2.20. The molecule has 0 aliphatic carbocycles. The molecule has 1 aromatic heterocycles. The quantitative estimate of drug-likeness (QED) is 0.771. The summed E-state index contributed by atoms with van der Waals surface area (Å²) in [5, 5.41) is 18.7.